The molecule has 0 saturated heterocycles. The number of hydrogen-bond donors (Lipinski definition) is 1. The summed E-state index contributed by atoms with van der Waals surface area (Å²) in [5, 5.41) is 7.69. The molecule has 21 heavy (non-hydrogen) atoms. The van der Waals surface area contributed by atoms with Crippen LogP contribution in [0.25, 0.3) is 9.88 Å². The highest BCUT2D eigenvalue weighted by Crippen LogP contribution is 2.27. The lowest BCUT2D eigenvalue weighted by Crippen LogP contribution is -2.38. The predicted octanol–water partition coefficient (Wildman–Crippen LogP) is 3.33. The first kappa shape index (κ1) is 16.1. The van der Waals surface area contributed by atoms with Crippen LogP contribution in [0.2, 0.25) is 0 Å². The number of nitrogens with zero attached hydrogens (tertiary/aromatic N) is 2. The average molecular weight is 323 g/mol. The maximum atomic E-state index is 12.1. The Balaban J connectivity index is 1.87. The SMILES string of the molecule is CCN(CCNC(=O)c1csc(-c2cccs2)n1)C(C)C. The summed E-state index contributed by atoms with van der Waals surface area (Å²) < 4.78 is 0. The molecule has 0 aromatic carbocycles. The molecule has 1 N–H and O–H groups in total. The molecule has 2 aromatic heterocycles. The Bertz CT molecular complexity index is 563. The fourth-order valence-corrected chi connectivity index (χ4v) is 3.69. The number of thiazole rings is 1. The summed E-state index contributed by atoms with van der Waals surface area (Å²) in [4.78, 5) is 19.9. The zero-order valence-electron chi connectivity index (χ0n) is 12.6. The molecule has 0 fully saturated rings. The van der Waals surface area contributed by atoms with Gasteiger partial charge in [0.2, 0.25) is 0 Å². The van der Waals surface area contributed by atoms with Crippen molar-refractivity contribution in [2.24, 2.45) is 0 Å². The largest absolute Gasteiger partial charge is 0.349 e. The van der Waals surface area contributed by atoms with Crippen molar-refractivity contribution in [1.82, 2.24) is 15.2 Å². The van der Waals surface area contributed by atoms with Crippen molar-refractivity contribution in [2.75, 3.05) is 19.6 Å². The van der Waals surface area contributed by atoms with Gasteiger partial charge in [-0.2, -0.15) is 0 Å². The van der Waals surface area contributed by atoms with Crippen molar-refractivity contribution in [3.05, 3.63) is 28.6 Å². The maximum Gasteiger partial charge on any atom is 0.270 e. The zero-order chi connectivity index (χ0) is 15.2. The molecule has 0 bridgehead atoms. The molecule has 0 aliphatic heterocycles. The first-order valence-electron chi connectivity index (χ1n) is 7.13. The molecule has 0 atom stereocenters. The normalized spacial score (nSPS) is 11.3. The predicted molar refractivity (Wildman–Crippen MR) is 90.1 cm³/mol. The highest BCUT2D eigenvalue weighted by Gasteiger charge is 2.13. The van der Waals surface area contributed by atoms with Crippen LogP contribution in [-0.2, 0) is 0 Å². The molecule has 114 valence electrons. The van der Waals surface area contributed by atoms with E-state index in [4.69, 9.17) is 0 Å². The van der Waals surface area contributed by atoms with Crippen LogP contribution < -0.4 is 5.32 Å². The van der Waals surface area contributed by atoms with E-state index in [0.717, 1.165) is 23.0 Å². The van der Waals surface area contributed by atoms with Gasteiger partial charge in [0, 0.05) is 24.5 Å². The van der Waals surface area contributed by atoms with E-state index in [1.165, 1.54) is 11.3 Å². The summed E-state index contributed by atoms with van der Waals surface area (Å²) in [5.41, 5.74) is 0.510. The summed E-state index contributed by atoms with van der Waals surface area (Å²) in [6.45, 7) is 8.97. The van der Waals surface area contributed by atoms with Crippen LogP contribution in [0.15, 0.2) is 22.9 Å². The molecule has 2 heterocycles. The molecule has 0 spiro atoms. The van der Waals surface area contributed by atoms with E-state index in [0.29, 0.717) is 18.3 Å². The molecule has 6 heteroatoms. The lowest BCUT2D eigenvalue weighted by Gasteiger charge is -2.24. The number of hydrogen-bond acceptors (Lipinski definition) is 5. The summed E-state index contributed by atoms with van der Waals surface area (Å²) in [7, 11) is 0. The Labute approximate surface area is 133 Å². The number of thiophene rings is 1. The Kier molecular flexibility index (Phi) is 5.90. The smallest absolute Gasteiger partial charge is 0.270 e. The minimum atomic E-state index is -0.0890. The molecular weight excluding hydrogens is 302 g/mol. The van der Waals surface area contributed by atoms with Crippen LogP contribution in [-0.4, -0.2) is 41.5 Å². The Morgan fingerprint density at radius 2 is 2.24 bits per heavy atom. The number of carbonyl (C=O) groups is 1. The van der Waals surface area contributed by atoms with Gasteiger partial charge in [-0.05, 0) is 31.8 Å². The third kappa shape index (κ3) is 4.36. The van der Waals surface area contributed by atoms with Gasteiger partial charge < -0.3 is 5.32 Å². The molecule has 0 saturated carbocycles. The molecule has 0 radical (unpaired) electrons. The molecule has 1 amide bonds. The second-order valence-electron chi connectivity index (χ2n) is 4.99. The van der Waals surface area contributed by atoms with Crippen LogP contribution in [0.3, 0.4) is 0 Å². The topological polar surface area (TPSA) is 45.2 Å². The van der Waals surface area contributed by atoms with Crippen molar-refractivity contribution in [1.29, 1.82) is 0 Å². The zero-order valence-corrected chi connectivity index (χ0v) is 14.3. The van der Waals surface area contributed by atoms with E-state index in [-0.39, 0.29) is 5.91 Å². The fourth-order valence-electron chi connectivity index (χ4n) is 2.08. The summed E-state index contributed by atoms with van der Waals surface area (Å²) in [6, 6.07) is 4.51. The van der Waals surface area contributed by atoms with Gasteiger partial charge in [-0.1, -0.05) is 13.0 Å². The van der Waals surface area contributed by atoms with Gasteiger partial charge in [0.05, 0.1) is 4.88 Å². The van der Waals surface area contributed by atoms with E-state index < -0.39 is 0 Å². The summed E-state index contributed by atoms with van der Waals surface area (Å²) in [5.74, 6) is -0.0890. The molecule has 0 aliphatic carbocycles. The van der Waals surface area contributed by atoms with Crippen molar-refractivity contribution in [2.45, 2.75) is 26.8 Å². The van der Waals surface area contributed by atoms with Gasteiger partial charge in [0.15, 0.2) is 0 Å². The van der Waals surface area contributed by atoms with E-state index >= 15 is 0 Å². The number of carbonyl (C=O) groups excluding carboxylic acids is 1. The molecular formula is C15H21N3OS2. The highest BCUT2D eigenvalue weighted by atomic mass is 32.1. The maximum absolute atomic E-state index is 12.1. The van der Waals surface area contributed by atoms with E-state index in [2.05, 4.69) is 36.0 Å². The van der Waals surface area contributed by atoms with Gasteiger partial charge >= 0.3 is 0 Å². The van der Waals surface area contributed by atoms with Crippen LogP contribution in [0.1, 0.15) is 31.3 Å². The number of likely N-dealkylation sites (N-methyl/N-ethyl adjacent to an activating group) is 1. The van der Waals surface area contributed by atoms with Crippen molar-refractivity contribution in [3.63, 3.8) is 0 Å². The lowest BCUT2D eigenvalue weighted by atomic mass is 10.3. The van der Waals surface area contributed by atoms with E-state index in [9.17, 15) is 4.79 Å². The van der Waals surface area contributed by atoms with Crippen molar-refractivity contribution >= 4 is 28.6 Å². The van der Waals surface area contributed by atoms with Gasteiger partial charge in [-0.15, -0.1) is 22.7 Å². The van der Waals surface area contributed by atoms with Crippen molar-refractivity contribution < 1.29 is 4.79 Å². The van der Waals surface area contributed by atoms with E-state index in [1.54, 1.807) is 11.3 Å². The van der Waals surface area contributed by atoms with Crippen molar-refractivity contribution in [3.8, 4) is 9.88 Å². The van der Waals surface area contributed by atoms with Gasteiger partial charge in [0.1, 0.15) is 10.7 Å². The minimum absolute atomic E-state index is 0.0890. The fraction of sp³-hybridized carbons (Fsp3) is 0.467. The Hall–Kier alpha value is -1.24. The summed E-state index contributed by atoms with van der Waals surface area (Å²) in [6.07, 6.45) is 0. The third-order valence-corrected chi connectivity index (χ3v) is 5.17. The summed E-state index contributed by atoms with van der Waals surface area (Å²) >= 11 is 3.15. The third-order valence-electron chi connectivity index (χ3n) is 3.29. The average Bonchev–Trinajstić information content (AvgIpc) is 3.12. The number of aromatic nitrogens is 1. The van der Waals surface area contributed by atoms with Gasteiger partial charge in [0.25, 0.3) is 5.91 Å². The van der Waals surface area contributed by atoms with Crippen LogP contribution >= 0.6 is 22.7 Å². The number of amides is 1. The standard InChI is InChI=1S/C15H21N3OS2/c1-4-18(11(2)3)8-7-16-14(19)12-10-21-15(17-12)13-6-5-9-20-13/h5-6,9-11H,4,7-8H2,1-3H3,(H,16,19). The molecule has 2 aromatic rings. The molecule has 0 aliphatic rings. The number of nitrogens with one attached hydrogen (secondary N) is 1. The van der Waals surface area contributed by atoms with Crippen LogP contribution in [0.5, 0.6) is 0 Å². The minimum Gasteiger partial charge on any atom is -0.349 e. The van der Waals surface area contributed by atoms with E-state index in [1.807, 2.05) is 22.9 Å². The molecule has 0 unspecified atom stereocenters. The van der Waals surface area contributed by atoms with Gasteiger partial charge in [-0.3, -0.25) is 9.69 Å². The second kappa shape index (κ2) is 7.68. The van der Waals surface area contributed by atoms with Crippen LogP contribution in [0.4, 0.5) is 0 Å². The van der Waals surface area contributed by atoms with Gasteiger partial charge in [-0.25, -0.2) is 4.98 Å². The highest BCUT2D eigenvalue weighted by molar-refractivity contribution is 7.20. The number of rotatable bonds is 7. The first-order valence-corrected chi connectivity index (χ1v) is 8.89. The monoisotopic (exact) mass is 323 g/mol. The molecule has 2 rings (SSSR count). The Morgan fingerprint density at radius 3 is 2.86 bits per heavy atom. The Morgan fingerprint density at radius 1 is 1.43 bits per heavy atom. The quantitative estimate of drug-likeness (QED) is 0.850. The van der Waals surface area contributed by atoms with Crippen LogP contribution in [0, 0.1) is 0 Å². The second-order valence-corrected chi connectivity index (χ2v) is 6.80. The first-order chi connectivity index (χ1) is 10.1. The lowest BCUT2D eigenvalue weighted by molar-refractivity contribution is 0.0941. The molecule has 4 nitrogen and oxygen atoms in total.